The Hall–Kier alpha value is -3.36. The first kappa shape index (κ1) is 23.3. The molecule has 6 nitrogen and oxygen atoms in total. The van der Waals surface area contributed by atoms with Crippen molar-refractivity contribution in [2.24, 2.45) is 7.05 Å². The van der Waals surface area contributed by atoms with Crippen LogP contribution in [0.4, 0.5) is 4.39 Å². The lowest BCUT2D eigenvalue weighted by atomic mass is 10.0. The van der Waals surface area contributed by atoms with Crippen molar-refractivity contribution in [3.63, 3.8) is 0 Å². The number of halogens is 1. The minimum Gasteiger partial charge on any atom is -0.481 e. The van der Waals surface area contributed by atoms with E-state index in [0.29, 0.717) is 5.75 Å². The Kier molecular flexibility index (Phi) is 7.86. The van der Waals surface area contributed by atoms with Crippen molar-refractivity contribution in [3.8, 4) is 16.9 Å². The summed E-state index contributed by atoms with van der Waals surface area (Å²) in [6.45, 7) is 0.354. The third-order valence-corrected chi connectivity index (χ3v) is 4.94. The van der Waals surface area contributed by atoms with Crippen LogP contribution < -0.4 is 10.1 Å². The zero-order valence-electron chi connectivity index (χ0n) is 17.7. The highest BCUT2D eigenvalue weighted by atomic mass is 32.1. The van der Waals surface area contributed by atoms with Gasteiger partial charge in [-0.25, -0.2) is 14.2 Å². The molecule has 0 bridgehead atoms. The van der Waals surface area contributed by atoms with Crippen molar-refractivity contribution < 1.29 is 19.0 Å². The topological polar surface area (TPSA) is 76.4 Å². The van der Waals surface area contributed by atoms with Crippen LogP contribution in [0.25, 0.3) is 22.2 Å². The first-order chi connectivity index (χ1) is 15.4. The van der Waals surface area contributed by atoms with Crippen LogP contribution in [0.2, 0.25) is 0 Å². The predicted molar refractivity (Wildman–Crippen MR) is 126 cm³/mol. The fourth-order valence-electron chi connectivity index (χ4n) is 3.12. The lowest BCUT2D eigenvalue weighted by Crippen LogP contribution is -2.10. The number of imidazole rings is 1. The second-order valence-electron chi connectivity index (χ2n) is 7.08. The van der Waals surface area contributed by atoms with Gasteiger partial charge in [0, 0.05) is 24.1 Å². The number of nitrogens with zero attached hydrogens (tertiary/aromatic N) is 2. The number of aromatic nitrogens is 2. The van der Waals surface area contributed by atoms with Crippen molar-refractivity contribution in [1.29, 1.82) is 0 Å². The number of thiol groups is 1. The molecule has 1 heterocycles. The zero-order chi connectivity index (χ0) is 23.1. The maximum absolute atomic E-state index is 12.1. The molecule has 0 fully saturated rings. The summed E-state index contributed by atoms with van der Waals surface area (Å²) in [5.74, 6) is -0.663. The monoisotopic (exact) mass is 453 g/mol. The minimum absolute atomic E-state index is 0.220. The van der Waals surface area contributed by atoms with E-state index in [-0.39, 0.29) is 12.4 Å². The third-order valence-electron chi connectivity index (χ3n) is 4.64. The van der Waals surface area contributed by atoms with Crippen LogP contribution in [0.1, 0.15) is 5.56 Å². The first-order valence-electron chi connectivity index (χ1n) is 9.85. The van der Waals surface area contributed by atoms with Gasteiger partial charge >= 0.3 is 5.97 Å². The quantitative estimate of drug-likeness (QED) is 0.374. The smallest absolute Gasteiger partial charge is 0.341 e. The normalized spacial score (nSPS) is 10.5. The number of aliphatic carboxylic acids is 1. The molecule has 0 saturated carbocycles. The molecule has 4 rings (SSSR count). The molecular weight excluding hydrogens is 429 g/mol. The van der Waals surface area contributed by atoms with Crippen LogP contribution >= 0.6 is 12.6 Å². The van der Waals surface area contributed by atoms with E-state index in [1.807, 2.05) is 55.1 Å². The highest BCUT2D eigenvalue weighted by Gasteiger charge is 2.11. The summed E-state index contributed by atoms with van der Waals surface area (Å²) < 4.78 is 19.5. The van der Waals surface area contributed by atoms with Gasteiger partial charge < -0.3 is 19.7 Å². The van der Waals surface area contributed by atoms with Gasteiger partial charge in [0.2, 0.25) is 0 Å². The van der Waals surface area contributed by atoms with E-state index in [9.17, 15) is 9.18 Å². The van der Waals surface area contributed by atoms with E-state index in [0.717, 1.165) is 39.2 Å². The van der Waals surface area contributed by atoms with Gasteiger partial charge in [-0.15, -0.1) is 12.6 Å². The molecule has 32 heavy (non-hydrogen) atoms. The molecule has 0 aliphatic carbocycles. The summed E-state index contributed by atoms with van der Waals surface area (Å²) in [6.07, 6.45) is 1.77. The van der Waals surface area contributed by atoms with Crippen LogP contribution in [0.3, 0.4) is 0 Å². The van der Waals surface area contributed by atoms with Crippen molar-refractivity contribution in [2.45, 2.75) is 11.4 Å². The Bertz CT molecular complexity index is 1190. The van der Waals surface area contributed by atoms with E-state index in [4.69, 9.17) is 9.84 Å². The van der Waals surface area contributed by atoms with Crippen molar-refractivity contribution in [3.05, 3.63) is 78.4 Å². The summed E-state index contributed by atoms with van der Waals surface area (Å²) in [5.41, 5.74) is 4.85. The molecule has 0 saturated heterocycles. The summed E-state index contributed by atoms with van der Waals surface area (Å²) in [4.78, 5) is 15.9. The average molecular weight is 454 g/mol. The number of carbonyl (C=O) groups is 1. The molecule has 0 atom stereocenters. The lowest BCUT2D eigenvalue weighted by molar-refractivity contribution is -0.139. The number of hydrogen-bond acceptors (Lipinski definition) is 5. The van der Waals surface area contributed by atoms with Gasteiger partial charge in [-0.2, -0.15) is 0 Å². The molecule has 0 radical (unpaired) electrons. The maximum atomic E-state index is 12.1. The maximum Gasteiger partial charge on any atom is 0.341 e. The Labute approximate surface area is 191 Å². The Balaban J connectivity index is 0.000000305. The van der Waals surface area contributed by atoms with Gasteiger partial charge in [0.1, 0.15) is 11.6 Å². The standard InChI is InChI=1S/C18H19N3O3.C6H5FS/c1-19-9-12-3-6-17(24-10-18(22)23)14(7-12)13-4-5-15-16(8-13)21(2)11-20-15;7-5-1-3-6(8)4-2-5/h3-8,11,19H,9-10H2,1-2H3,(H,22,23);1-4,8H. The highest BCUT2D eigenvalue weighted by molar-refractivity contribution is 7.80. The number of fused-ring (bicyclic) bond motifs is 1. The van der Waals surface area contributed by atoms with Gasteiger partial charge in [-0.05, 0) is 66.7 Å². The predicted octanol–water partition coefficient (Wildman–Crippen LogP) is 4.54. The number of rotatable bonds is 6. The number of carboxylic acids is 1. The average Bonchev–Trinajstić information content (AvgIpc) is 3.15. The largest absolute Gasteiger partial charge is 0.481 e. The first-order valence-corrected chi connectivity index (χ1v) is 10.3. The van der Waals surface area contributed by atoms with E-state index in [1.54, 1.807) is 18.5 Å². The third kappa shape index (κ3) is 6.09. The van der Waals surface area contributed by atoms with Gasteiger partial charge in [0.25, 0.3) is 0 Å². The van der Waals surface area contributed by atoms with E-state index in [1.165, 1.54) is 12.1 Å². The van der Waals surface area contributed by atoms with Crippen LogP contribution in [-0.4, -0.2) is 34.3 Å². The molecule has 4 aromatic rings. The van der Waals surface area contributed by atoms with Crippen LogP contribution in [0.5, 0.6) is 5.75 Å². The molecule has 2 N–H and O–H groups in total. The van der Waals surface area contributed by atoms with Gasteiger partial charge in [-0.3, -0.25) is 0 Å². The Morgan fingerprint density at radius 2 is 1.91 bits per heavy atom. The molecule has 166 valence electrons. The summed E-state index contributed by atoms with van der Waals surface area (Å²) in [7, 11) is 3.83. The fourth-order valence-corrected chi connectivity index (χ4v) is 3.27. The lowest BCUT2D eigenvalue weighted by Gasteiger charge is -2.13. The molecule has 8 heteroatoms. The van der Waals surface area contributed by atoms with Crippen molar-refractivity contribution >= 4 is 29.6 Å². The van der Waals surface area contributed by atoms with Crippen molar-refractivity contribution in [1.82, 2.24) is 14.9 Å². The molecule has 0 amide bonds. The number of ether oxygens (including phenoxy) is 1. The van der Waals surface area contributed by atoms with Gasteiger partial charge in [0.15, 0.2) is 6.61 Å². The fraction of sp³-hybridized carbons (Fsp3) is 0.167. The van der Waals surface area contributed by atoms with E-state index in [2.05, 4.69) is 22.9 Å². The molecule has 3 aromatic carbocycles. The van der Waals surface area contributed by atoms with Gasteiger partial charge in [0.05, 0.1) is 17.4 Å². The van der Waals surface area contributed by atoms with E-state index >= 15 is 0 Å². The zero-order valence-corrected chi connectivity index (χ0v) is 18.6. The second-order valence-corrected chi connectivity index (χ2v) is 7.60. The van der Waals surface area contributed by atoms with Gasteiger partial charge in [-0.1, -0.05) is 12.1 Å². The molecular formula is C24H24FN3O3S. The highest BCUT2D eigenvalue weighted by Crippen LogP contribution is 2.33. The number of hydrogen-bond donors (Lipinski definition) is 3. The number of benzene rings is 3. The summed E-state index contributed by atoms with van der Waals surface area (Å²) >= 11 is 3.97. The summed E-state index contributed by atoms with van der Waals surface area (Å²) in [6, 6.07) is 17.7. The van der Waals surface area contributed by atoms with Crippen molar-refractivity contribution in [2.75, 3.05) is 13.7 Å². The number of aryl methyl sites for hydroxylation is 1. The molecule has 0 aliphatic rings. The molecule has 1 aromatic heterocycles. The Morgan fingerprint density at radius 1 is 1.16 bits per heavy atom. The van der Waals surface area contributed by atoms with Crippen LogP contribution in [-0.2, 0) is 18.4 Å². The van der Waals surface area contributed by atoms with Crippen LogP contribution in [0, 0.1) is 5.82 Å². The minimum atomic E-state index is -0.998. The Morgan fingerprint density at radius 3 is 2.56 bits per heavy atom. The number of nitrogens with one attached hydrogen (secondary N) is 1. The number of carboxylic acid groups (broad SMARTS) is 1. The molecule has 0 unspecified atom stereocenters. The van der Waals surface area contributed by atoms with Crippen LogP contribution in [0.15, 0.2) is 71.9 Å². The van der Waals surface area contributed by atoms with E-state index < -0.39 is 5.97 Å². The molecule has 0 aliphatic heterocycles. The SMILES string of the molecule is CNCc1ccc(OCC(=O)O)c(-c2ccc3ncn(C)c3c2)c1.Fc1ccc(S)cc1. The summed E-state index contributed by atoms with van der Waals surface area (Å²) in [5, 5.41) is 12.0. The molecule has 0 spiro atoms. The second kappa shape index (κ2) is 10.8.